The molecular weight excluding hydrogens is 307 g/mol. The van der Waals surface area contributed by atoms with Crippen LogP contribution in [-0.2, 0) is 15.1 Å². The number of nitrogens with zero attached hydrogens (tertiary/aromatic N) is 2. The van der Waals surface area contributed by atoms with E-state index in [1.54, 1.807) is 20.8 Å². The third kappa shape index (κ3) is 4.02. The maximum Gasteiger partial charge on any atom is 0.411 e. The van der Waals surface area contributed by atoms with Gasteiger partial charge in [-0.2, -0.15) is 0 Å². The molecule has 1 rings (SSSR count). The van der Waals surface area contributed by atoms with Crippen LogP contribution in [0.2, 0.25) is 0 Å². The fraction of sp³-hybridized carbons (Fsp3) is 0.467. The van der Waals surface area contributed by atoms with Gasteiger partial charge in [-0.05, 0) is 39.8 Å². The van der Waals surface area contributed by atoms with Crippen molar-refractivity contribution in [1.29, 1.82) is 0 Å². The highest BCUT2D eigenvalue weighted by molar-refractivity contribution is 5.79. The molecule has 23 heavy (non-hydrogen) atoms. The molecule has 0 spiro atoms. The first kappa shape index (κ1) is 18.5. The van der Waals surface area contributed by atoms with Crippen molar-refractivity contribution in [3.63, 3.8) is 0 Å². The quantitative estimate of drug-likeness (QED) is 0.482. The van der Waals surface area contributed by atoms with Crippen molar-refractivity contribution in [2.24, 2.45) is 0 Å². The number of likely N-dealkylation sites (N-methyl/N-ethyl adjacent to an activating group) is 1. The van der Waals surface area contributed by atoms with E-state index in [0.717, 1.165) is 23.1 Å². The van der Waals surface area contributed by atoms with Crippen LogP contribution < -0.4 is 0 Å². The molecule has 1 aromatic rings. The number of nitro groups is 1. The Morgan fingerprint density at radius 1 is 1.35 bits per heavy atom. The summed E-state index contributed by atoms with van der Waals surface area (Å²) in [5, 5.41) is 11.1. The zero-order valence-electron chi connectivity index (χ0n) is 13.6. The molecule has 1 amide bonds. The van der Waals surface area contributed by atoms with Crippen LogP contribution in [0.5, 0.6) is 0 Å². The Balaban J connectivity index is 3.40. The predicted molar refractivity (Wildman–Crippen MR) is 80.5 cm³/mol. The van der Waals surface area contributed by atoms with E-state index in [4.69, 9.17) is 4.74 Å². The van der Waals surface area contributed by atoms with Gasteiger partial charge in [0.1, 0.15) is 23.2 Å². The van der Waals surface area contributed by atoms with Crippen LogP contribution >= 0.6 is 0 Å². The molecule has 0 aromatic heterocycles. The summed E-state index contributed by atoms with van der Waals surface area (Å²) < 4.78 is 18.7. The molecule has 0 heterocycles. The van der Waals surface area contributed by atoms with E-state index in [0.29, 0.717) is 6.29 Å². The van der Waals surface area contributed by atoms with Crippen molar-refractivity contribution in [1.82, 2.24) is 4.90 Å². The summed E-state index contributed by atoms with van der Waals surface area (Å²) in [4.78, 5) is 35.1. The van der Waals surface area contributed by atoms with Gasteiger partial charge in [-0.15, -0.1) is 0 Å². The lowest BCUT2D eigenvalue weighted by molar-refractivity contribution is -0.386. The summed E-state index contributed by atoms with van der Waals surface area (Å²) in [7, 11) is 1.26. The minimum Gasteiger partial charge on any atom is -0.444 e. The van der Waals surface area contributed by atoms with Gasteiger partial charge in [0.2, 0.25) is 0 Å². The first-order valence-electron chi connectivity index (χ1n) is 6.80. The number of amides is 1. The summed E-state index contributed by atoms with van der Waals surface area (Å²) in [6.07, 6.45) is -0.510. The number of carbonyl (C=O) groups excluding carboxylic acids is 2. The highest BCUT2D eigenvalue weighted by atomic mass is 19.1. The zero-order chi connectivity index (χ0) is 18.0. The largest absolute Gasteiger partial charge is 0.444 e. The summed E-state index contributed by atoms with van der Waals surface area (Å²) in [6.45, 7) is 6.20. The Kier molecular flexibility index (Phi) is 5.09. The van der Waals surface area contributed by atoms with Crippen LogP contribution in [0.3, 0.4) is 0 Å². The first-order chi connectivity index (χ1) is 10.4. The number of carbonyl (C=O) groups is 2. The van der Waals surface area contributed by atoms with Gasteiger partial charge in [0.05, 0.1) is 10.5 Å². The topological polar surface area (TPSA) is 89.8 Å². The molecule has 0 N–H and O–H groups in total. The second-order valence-electron chi connectivity index (χ2n) is 6.22. The van der Waals surface area contributed by atoms with Gasteiger partial charge >= 0.3 is 6.09 Å². The molecule has 7 nitrogen and oxygen atoms in total. The van der Waals surface area contributed by atoms with E-state index in [1.165, 1.54) is 14.0 Å². The summed E-state index contributed by atoms with van der Waals surface area (Å²) in [5.41, 5.74) is -3.27. The van der Waals surface area contributed by atoms with Gasteiger partial charge in [-0.3, -0.25) is 15.0 Å². The lowest BCUT2D eigenvalue weighted by atomic mass is 9.90. The van der Waals surface area contributed by atoms with Crippen molar-refractivity contribution in [3.05, 3.63) is 39.7 Å². The molecule has 8 heteroatoms. The molecule has 1 atom stereocenters. The average Bonchev–Trinajstić information content (AvgIpc) is 2.43. The SMILES string of the molecule is CN(C(=O)OC(C)(C)C)C(C)(C=O)c1cc(F)ccc1[N+](=O)[O-]. The van der Waals surface area contributed by atoms with E-state index in [9.17, 15) is 24.1 Å². The molecule has 1 aromatic carbocycles. The number of nitro benzene ring substituents is 1. The fourth-order valence-corrected chi connectivity index (χ4v) is 1.92. The number of halogens is 1. The van der Waals surface area contributed by atoms with Crippen molar-refractivity contribution < 1.29 is 23.6 Å². The zero-order valence-corrected chi connectivity index (χ0v) is 13.6. The van der Waals surface area contributed by atoms with Gasteiger partial charge < -0.3 is 9.53 Å². The van der Waals surface area contributed by atoms with Crippen LogP contribution in [-0.4, -0.2) is 34.9 Å². The second-order valence-corrected chi connectivity index (χ2v) is 6.22. The van der Waals surface area contributed by atoms with E-state index in [2.05, 4.69) is 0 Å². The second kappa shape index (κ2) is 6.31. The van der Waals surface area contributed by atoms with Crippen LogP contribution in [0, 0.1) is 15.9 Å². The highest BCUT2D eigenvalue weighted by Crippen LogP contribution is 2.34. The van der Waals surface area contributed by atoms with Crippen LogP contribution in [0.25, 0.3) is 0 Å². The standard InChI is InChI=1S/C15H19FN2O5/c1-14(2,3)23-13(20)17(5)15(4,9-19)11-8-10(16)6-7-12(11)18(21)22/h6-9H,1-5H3. The summed E-state index contributed by atoms with van der Waals surface area (Å²) >= 11 is 0. The predicted octanol–water partition coefficient (Wildman–Crippen LogP) is 3.01. The van der Waals surface area contributed by atoms with Gasteiger partial charge in [-0.1, -0.05) is 0 Å². The molecule has 0 saturated carbocycles. The van der Waals surface area contributed by atoms with Gasteiger partial charge in [0, 0.05) is 13.1 Å². The maximum absolute atomic E-state index is 13.5. The molecule has 0 aliphatic rings. The third-order valence-corrected chi connectivity index (χ3v) is 3.29. The number of benzene rings is 1. The summed E-state index contributed by atoms with van der Waals surface area (Å²) in [5.74, 6) is -0.753. The third-order valence-electron chi connectivity index (χ3n) is 3.29. The average molecular weight is 326 g/mol. The minimum atomic E-state index is -1.76. The lowest BCUT2D eigenvalue weighted by Gasteiger charge is -2.35. The van der Waals surface area contributed by atoms with Crippen LogP contribution in [0.4, 0.5) is 14.9 Å². The molecule has 0 radical (unpaired) electrons. The van der Waals surface area contributed by atoms with Gasteiger partial charge in [-0.25, -0.2) is 9.18 Å². The van der Waals surface area contributed by atoms with Crippen molar-refractivity contribution in [3.8, 4) is 0 Å². The monoisotopic (exact) mass is 326 g/mol. The van der Waals surface area contributed by atoms with Crippen molar-refractivity contribution in [2.75, 3.05) is 7.05 Å². The van der Waals surface area contributed by atoms with E-state index in [-0.39, 0.29) is 5.56 Å². The van der Waals surface area contributed by atoms with E-state index < -0.39 is 33.7 Å². The molecule has 0 fully saturated rings. The highest BCUT2D eigenvalue weighted by Gasteiger charge is 2.41. The Bertz CT molecular complexity index is 641. The molecule has 1 unspecified atom stereocenters. The van der Waals surface area contributed by atoms with Crippen LogP contribution in [0.1, 0.15) is 33.3 Å². The molecule has 0 saturated heterocycles. The normalized spacial score (nSPS) is 13.8. The maximum atomic E-state index is 13.5. The number of ether oxygens (including phenoxy) is 1. The molecular formula is C15H19FN2O5. The van der Waals surface area contributed by atoms with Crippen molar-refractivity contribution in [2.45, 2.75) is 38.8 Å². The van der Waals surface area contributed by atoms with Crippen LogP contribution in [0.15, 0.2) is 18.2 Å². The molecule has 0 aliphatic heterocycles. The Labute approximate surface area is 133 Å². The smallest absolute Gasteiger partial charge is 0.411 e. The molecule has 0 aliphatic carbocycles. The van der Waals surface area contributed by atoms with E-state index in [1.807, 2.05) is 0 Å². The Hall–Kier alpha value is -2.51. The Morgan fingerprint density at radius 3 is 2.35 bits per heavy atom. The number of hydrogen-bond acceptors (Lipinski definition) is 5. The minimum absolute atomic E-state index is 0.231. The van der Waals surface area contributed by atoms with Crippen molar-refractivity contribution >= 4 is 18.1 Å². The van der Waals surface area contributed by atoms with E-state index >= 15 is 0 Å². The Morgan fingerprint density at radius 2 is 1.91 bits per heavy atom. The number of aldehydes is 1. The summed E-state index contributed by atoms with van der Waals surface area (Å²) in [6, 6.07) is 2.74. The molecule has 0 bridgehead atoms. The van der Waals surface area contributed by atoms with Gasteiger partial charge in [0.25, 0.3) is 5.69 Å². The lowest BCUT2D eigenvalue weighted by Crippen LogP contribution is -2.48. The number of hydrogen-bond donors (Lipinski definition) is 0. The van der Waals surface area contributed by atoms with Gasteiger partial charge in [0.15, 0.2) is 0 Å². The molecule has 126 valence electrons. The fourth-order valence-electron chi connectivity index (χ4n) is 1.92. The number of rotatable bonds is 4. The first-order valence-corrected chi connectivity index (χ1v) is 6.80.